The van der Waals surface area contributed by atoms with Gasteiger partial charge in [-0.1, -0.05) is 48.0 Å². The van der Waals surface area contributed by atoms with Gasteiger partial charge in [-0.2, -0.15) is 0 Å². The number of hydrogen-bond donors (Lipinski definition) is 2. The molecule has 0 unspecified atom stereocenters. The van der Waals surface area contributed by atoms with Gasteiger partial charge in [0.25, 0.3) is 5.91 Å². The number of benzene rings is 2. The highest BCUT2D eigenvalue weighted by Crippen LogP contribution is 2.34. The normalized spacial score (nSPS) is 14.0. The molecule has 7 heteroatoms. The summed E-state index contributed by atoms with van der Waals surface area (Å²) in [6.45, 7) is 0.366. The summed E-state index contributed by atoms with van der Waals surface area (Å²) in [5.74, 6) is -0.458. The van der Waals surface area contributed by atoms with Crippen LogP contribution < -0.4 is 5.32 Å². The molecule has 2 heterocycles. The first-order valence-corrected chi connectivity index (χ1v) is 8.33. The highest BCUT2D eigenvalue weighted by Gasteiger charge is 2.29. The first-order valence-electron chi connectivity index (χ1n) is 7.54. The molecule has 5 nitrogen and oxygen atoms in total. The van der Waals surface area contributed by atoms with Gasteiger partial charge in [-0.3, -0.25) is 10.1 Å². The Morgan fingerprint density at radius 2 is 1.88 bits per heavy atom. The van der Waals surface area contributed by atoms with E-state index in [9.17, 15) is 9.90 Å². The highest BCUT2D eigenvalue weighted by atomic mass is 35.5. The summed E-state index contributed by atoms with van der Waals surface area (Å²) in [7, 11) is 0. The van der Waals surface area contributed by atoms with Crippen molar-refractivity contribution in [3.63, 3.8) is 0 Å². The lowest BCUT2D eigenvalue weighted by molar-refractivity contribution is -0.113. The van der Waals surface area contributed by atoms with Gasteiger partial charge in [0.15, 0.2) is 0 Å². The molecule has 0 spiro atoms. The zero-order chi connectivity index (χ0) is 17.6. The Morgan fingerprint density at radius 1 is 1.16 bits per heavy atom. The van der Waals surface area contributed by atoms with E-state index in [-0.39, 0.29) is 16.7 Å². The molecule has 3 aromatic rings. The van der Waals surface area contributed by atoms with Gasteiger partial charge in [-0.05, 0) is 29.9 Å². The van der Waals surface area contributed by atoms with Crippen LogP contribution >= 0.6 is 23.8 Å². The summed E-state index contributed by atoms with van der Waals surface area (Å²) >= 11 is 11.2. The number of aromatic nitrogens is 1. The first kappa shape index (κ1) is 15.8. The SMILES string of the molecule is O=C1NC(=S)N=C1c1c(O)n(Cc2ccccc2Cl)c2ccccc12. The third-order valence-corrected chi connectivity index (χ3v) is 4.68. The molecule has 0 saturated carbocycles. The molecule has 0 fully saturated rings. The van der Waals surface area contributed by atoms with Gasteiger partial charge in [-0.25, -0.2) is 4.99 Å². The maximum atomic E-state index is 12.1. The molecule has 25 heavy (non-hydrogen) atoms. The van der Waals surface area contributed by atoms with Crippen molar-refractivity contribution in [1.29, 1.82) is 0 Å². The highest BCUT2D eigenvalue weighted by molar-refractivity contribution is 7.80. The van der Waals surface area contributed by atoms with Crippen LogP contribution in [0.25, 0.3) is 10.9 Å². The Kier molecular flexibility index (Phi) is 3.78. The van der Waals surface area contributed by atoms with Gasteiger partial charge in [0, 0.05) is 10.4 Å². The number of nitrogens with one attached hydrogen (secondary N) is 1. The fourth-order valence-corrected chi connectivity index (χ4v) is 3.37. The smallest absolute Gasteiger partial charge is 0.277 e. The molecule has 1 aromatic heterocycles. The minimum absolute atomic E-state index is 0.0419. The number of rotatable bonds is 3. The van der Waals surface area contributed by atoms with Crippen LogP contribution in [0.4, 0.5) is 0 Å². The summed E-state index contributed by atoms with van der Waals surface area (Å²) in [5.41, 5.74) is 2.14. The third-order valence-electron chi connectivity index (χ3n) is 4.12. The molecule has 0 atom stereocenters. The minimum atomic E-state index is -0.416. The van der Waals surface area contributed by atoms with Crippen molar-refractivity contribution in [3.05, 3.63) is 64.7 Å². The van der Waals surface area contributed by atoms with Crippen molar-refractivity contribution in [2.45, 2.75) is 6.54 Å². The van der Waals surface area contributed by atoms with Crippen molar-refractivity contribution < 1.29 is 9.90 Å². The van der Waals surface area contributed by atoms with Crippen LogP contribution in [-0.2, 0) is 11.3 Å². The second-order valence-electron chi connectivity index (χ2n) is 5.61. The molecule has 0 saturated heterocycles. The van der Waals surface area contributed by atoms with E-state index in [1.54, 1.807) is 10.6 Å². The summed E-state index contributed by atoms with van der Waals surface area (Å²) in [6.07, 6.45) is 0. The number of halogens is 1. The third kappa shape index (κ3) is 2.59. The van der Waals surface area contributed by atoms with E-state index in [4.69, 9.17) is 23.8 Å². The second-order valence-corrected chi connectivity index (χ2v) is 6.41. The summed E-state index contributed by atoms with van der Waals surface area (Å²) in [4.78, 5) is 16.2. The largest absolute Gasteiger partial charge is 0.494 e. The monoisotopic (exact) mass is 369 g/mol. The number of aromatic hydroxyl groups is 1. The Balaban J connectivity index is 1.93. The lowest BCUT2D eigenvalue weighted by atomic mass is 10.1. The van der Waals surface area contributed by atoms with Crippen molar-refractivity contribution in [3.8, 4) is 5.88 Å². The van der Waals surface area contributed by atoms with Crippen LogP contribution in [0.15, 0.2) is 53.5 Å². The van der Waals surface area contributed by atoms with Gasteiger partial charge in [0.2, 0.25) is 11.0 Å². The quantitative estimate of drug-likeness (QED) is 0.696. The van der Waals surface area contributed by atoms with E-state index in [1.807, 2.05) is 42.5 Å². The molecule has 2 N–H and O–H groups in total. The van der Waals surface area contributed by atoms with Crippen molar-refractivity contribution in [2.24, 2.45) is 4.99 Å². The van der Waals surface area contributed by atoms with Crippen LogP contribution in [0.2, 0.25) is 5.02 Å². The number of aliphatic imine (C=N–C) groups is 1. The summed E-state index contributed by atoms with van der Waals surface area (Å²) < 4.78 is 1.71. The maximum absolute atomic E-state index is 12.1. The average Bonchev–Trinajstić information content (AvgIpc) is 3.06. The minimum Gasteiger partial charge on any atom is -0.494 e. The van der Waals surface area contributed by atoms with E-state index in [1.165, 1.54) is 0 Å². The van der Waals surface area contributed by atoms with Gasteiger partial charge in [0.1, 0.15) is 5.71 Å². The average molecular weight is 370 g/mol. The van der Waals surface area contributed by atoms with E-state index >= 15 is 0 Å². The lowest BCUT2D eigenvalue weighted by Crippen LogP contribution is -2.25. The van der Waals surface area contributed by atoms with E-state index < -0.39 is 5.91 Å². The Hall–Kier alpha value is -2.70. The van der Waals surface area contributed by atoms with Crippen molar-refractivity contribution in [1.82, 2.24) is 9.88 Å². The van der Waals surface area contributed by atoms with Crippen LogP contribution in [0.1, 0.15) is 11.1 Å². The Bertz CT molecular complexity index is 1070. The zero-order valence-electron chi connectivity index (χ0n) is 12.9. The number of hydrogen-bond acceptors (Lipinski definition) is 3. The molecular weight excluding hydrogens is 358 g/mol. The van der Waals surface area contributed by atoms with Crippen LogP contribution in [0, 0.1) is 0 Å². The predicted molar refractivity (Wildman–Crippen MR) is 101 cm³/mol. The number of fused-ring (bicyclic) bond motifs is 1. The molecule has 2 aromatic carbocycles. The fraction of sp³-hybridized carbons (Fsp3) is 0.0556. The van der Waals surface area contributed by atoms with Crippen molar-refractivity contribution in [2.75, 3.05) is 0 Å². The molecule has 124 valence electrons. The van der Waals surface area contributed by atoms with Gasteiger partial charge in [0.05, 0.1) is 17.6 Å². The van der Waals surface area contributed by atoms with Gasteiger partial charge in [-0.15, -0.1) is 0 Å². The predicted octanol–water partition coefficient (Wildman–Crippen LogP) is 3.25. The van der Waals surface area contributed by atoms with Crippen LogP contribution in [-0.4, -0.2) is 26.4 Å². The topological polar surface area (TPSA) is 66.6 Å². The zero-order valence-corrected chi connectivity index (χ0v) is 14.4. The summed E-state index contributed by atoms with van der Waals surface area (Å²) in [6, 6.07) is 14.9. The fourth-order valence-electron chi connectivity index (χ4n) is 2.99. The van der Waals surface area contributed by atoms with Gasteiger partial charge >= 0.3 is 0 Å². The number of nitrogens with zero attached hydrogens (tertiary/aromatic N) is 2. The van der Waals surface area contributed by atoms with Crippen LogP contribution in [0.3, 0.4) is 0 Å². The number of amides is 1. The van der Waals surface area contributed by atoms with E-state index in [2.05, 4.69) is 10.3 Å². The molecule has 0 radical (unpaired) electrons. The summed E-state index contributed by atoms with van der Waals surface area (Å²) in [5, 5.41) is 14.8. The molecule has 4 rings (SSSR count). The molecule has 0 bridgehead atoms. The standard InChI is InChI=1S/C18H12ClN3O2S/c19-12-7-3-1-5-10(12)9-22-13-8-4-2-6-11(13)14(17(22)24)15-16(23)21-18(25)20-15/h1-8,24H,9H2,(H,21,23,25). The van der Waals surface area contributed by atoms with Crippen LogP contribution in [0.5, 0.6) is 5.88 Å². The Labute approximate surface area is 153 Å². The first-order chi connectivity index (χ1) is 12.1. The van der Waals surface area contributed by atoms with E-state index in [0.717, 1.165) is 16.5 Å². The maximum Gasteiger partial charge on any atom is 0.277 e. The molecular formula is C18H12ClN3O2S. The second kappa shape index (κ2) is 5.98. The van der Waals surface area contributed by atoms with E-state index in [0.29, 0.717) is 17.1 Å². The number of carbonyl (C=O) groups is 1. The molecule has 1 amide bonds. The van der Waals surface area contributed by atoms with Crippen molar-refractivity contribution >= 4 is 51.5 Å². The van der Waals surface area contributed by atoms with Gasteiger partial charge < -0.3 is 9.67 Å². The lowest BCUT2D eigenvalue weighted by Gasteiger charge is -2.09. The number of carbonyl (C=O) groups excluding carboxylic acids is 1. The number of thiocarbonyl (C=S) groups is 1. The number of para-hydroxylation sites is 1. The molecule has 1 aliphatic rings. The Morgan fingerprint density at radius 3 is 2.60 bits per heavy atom. The molecule has 0 aliphatic carbocycles. The molecule has 1 aliphatic heterocycles.